The first-order valence-electron chi connectivity index (χ1n) is 13.6. The highest BCUT2D eigenvalue weighted by Gasteiger charge is 2.47. The fourth-order valence-electron chi connectivity index (χ4n) is 5.06. The standard InChI is InChI=1S/C29H34O15/c1-11-20(31)23(34)25(36)28(41-11)40-10-18-21(32)24(35)26(37)29(44-18)43-17-9-16-19(22(33)27(17)39-3)14(30)8-15(42-16)12-4-6-13(38-2)7-5-12/h4-9,11,18,20-21,23-26,28-29,31-37H,10H2,1-3H3/t11-,18+,20-,21+,23-,24-,25+,26+,28-,29+/m1/s1. The van der Waals surface area contributed by atoms with Crippen LogP contribution < -0.4 is 19.6 Å². The SMILES string of the molecule is COc1ccc(-c2cc(=O)c3c(O)c(OC)c(O[C@H]4O[C@@H](CO[C@@H]5O[C@H](C)[C@@H](O)[C@@H](O)[C@@H]5O)[C@H](O)[C@@H](O)[C@@H]4O)cc3o2)cc1. The zero-order chi connectivity index (χ0) is 31.9. The van der Waals surface area contributed by atoms with Crippen LogP contribution in [0.15, 0.2) is 45.6 Å². The van der Waals surface area contributed by atoms with Crippen LogP contribution in [0.4, 0.5) is 0 Å². The highest BCUT2D eigenvalue weighted by Crippen LogP contribution is 2.43. The first-order chi connectivity index (χ1) is 20.9. The number of benzene rings is 2. The Balaban J connectivity index is 1.41. The Kier molecular flexibility index (Phi) is 9.31. The molecule has 0 saturated carbocycles. The van der Waals surface area contributed by atoms with Gasteiger partial charge in [-0.2, -0.15) is 0 Å². The molecule has 15 heteroatoms. The van der Waals surface area contributed by atoms with Gasteiger partial charge in [-0.1, -0.05) is 0 Å². The number of aliphatic hydroxyl groups is 6. The van der Waals surface area contributed by atoms with Gasteiger partial charge >= 0.3 is 0 Å². The van der Waals surface area contributed by atoms with Crippen LogP contribution in [0.1, 0.15) is 6.92 Å². The number of phenolic OH excluding ortho intramolecular Hbond substituents is 1. The summed E-state index contributed by atoms with van der Waals surface area (Å²) in [5.74, 6) is -0.391. The van der Waals surface area contributed by atoms with Crippen molar-refractivity contribution in [2.45, 2.75) is 68.3 Å². The van der Waals surface area contributed by atoms with Gasteiger partial charge in [0.05, 0.1) is 26.9 Å². The van der Waals surface area contributed by atoms with E-state index < -0.39 is 79.2 Å². The Morgan fingerprint density at radius 2 is 1.45 bits per heavy atom. The summed E-state index contributed by atoms with van der Waals surface area (Å²) in [5, 5.41) is 72.6. The zero-order valence-electron chi connectivity index (χ0n) is 23.8. The molecule has 1 aromatic heterocycles. The van der Waals surface area contributed by atoms with Gasteiger partial charge in [0.1, 0.15) is 65.2 Å². The third-order valence-electron chi connectivity index (χ3n) is 7.64. The molecule has 44 heavy (non-hydrogen) atoms. The maximum atomic E-state index is 13.0. The summed E-state index contributed by atoms with van der Waals surface area (Å²) in [7, 11) is 2.72. The van der Waals surface area contributed by atoms with Crippen LogP contribution >= 0.6 is 0 Å². The number of aliphatic hydroxyl groups excluding tert-OH is 6. The number of ether oxygens (including phenoxy) is 6. The van der Waals surface area contributed by atoms with Crippen molar-refractivity contribution in [2.24, 2.45) is 0 Å². The van der Waals surface area contributed by atoms with Crippen molar-refractivity contribution in [1.82, 2.24) is 0 Å². The summed E-state index contributed by atoms with van der Waals surface area (Å²) in [6.07, 6.45) is -15.2. The summed E-state index contributed by atoms with van der Waals surface area (Å²) in [5.41, 5.74) is -0.138. The largest absolute Gasteiger partial charge is 0.504 e. The average molecular weight is 623 g/mol. The maximum Gasteiger partial charge on any atom is 0.229 e. The second-order valence-electron chi connectivity index (χ2n) is 10.5. The van der Waals surface area contributed by atoms with E-state index in [2.05, 4.69) is 0 Å². The molecule has 15 nitrogen and oxygen atoms in total. The van der Waals surface area contributed by atoms with Gasteiger partial charge in [0.25, 0.3) is 0 Å². The zero-order valence-corrected chi connectivity index (χ0v) is 23.8. The summed E-state index contributed by atoms with van der Waals surface area (Å²) < 4.78 is 38.7. The molecule has 0 amide bonds. The van der Waals surface area contributed by atoms with Crippen molar-refractivity contribution in [1.29, 1.82) is 0 Å². The molecule has 2 aliphatic rings. The molecule has 5 rings (SSSR count). The minimum atomic E-state index is -1.81. The Hall–Kier alpha value is -3.51. The van der Waals surface area contributed by atoms with E-state index in [0.717, 1.165) is 0 Å². The van der Waals surface area contributed by atoms with Crippen LogP contribution in [0.25, 0.3) is 22.3 Å². The lowest BCUT2D eigenvalue weighted by atomic mass is 9.98. The molecule has 240 valence electrons. The predicted octanol–water partition coefficient (Wildman–Crippen LogP) is -0.787. The van der Waals surface area contributed by atoms with E-state index in [1.807, 2.05) is 0 Å². The molecule has 7 N–H and O–H groups in total. The Morgan fingerprint density at radius 1 is 0.795 bits per heavy atom. The van der Waals surface area contributed by atoms with E-state index in [1.165, 1.54) is 33.3 Å². The van der Waals surface area contributed by atoms with E-state index >= 15 is 0 Å². The number of hydrogen-bond donors (Lipinski definition) is 7. The number of fused-ring (bicyclic) bond motifs is 1. The van der Waals surface area contributed by atoms with Crippen molar-refractivity contribution in [2.75, 3.05) is 20.8 Å². The lowest BCUT2D eigenvalue weighted by molar-refractivity contribution is -0.318. The first-order valence-corrected chi connectivity index (χ1v) is 13.6. The van der Waals surface area contributed by atoms with Gasteiger partial charge in [-0.3, -0.25) is 4.79 Å². The highest BCUT2D eigenvalue weighted by molar-refractivity contribution is 5.89. The average Bonchev–Trinajstić information content (AvgIpc) is 3.01. The van der Waals surface area contributed by atoms with Gasteiger partial charge in [-0.05, 0) is 31.2 Å². The lowest BCUT2D eigenvalue weighted by Gasteiger charge is -2.42. The monoisotopic (exact) mass is 622 g/mol. The Morgan fingerprint density at radius 3 is 2.11 bits per heavy atom. The molecule has 2 saturated heterocycles. The molecule has 2 fully saturated rings. The van der Waals surface area contributed by atoms with Crippen LogP contribution in [0.2, 0.25) is 0 Å². The molecule has 2 aliphatic heterocycles. The van der Waals surface area contributed by atoms with Gasteiger partial charge in [-0.25, -0.2) is 0 Å². The number of hydrogen-bond acceptors (Lipinski definition) is 15. The number of phenols is 1. The van der Waals surface area contributed by atoms with Crippen LogP contribution in [0.5, 0.6) is 23.0 Å². The molecule has 0 aliphatic carbocycles. The molecule has 3 heterocycles. The van der Waals surface area contributed by atoms with Gasteiger partial charge in [-0.15, -0.1) is 0 Å². The highest BCUT2D eigenvalue weighted by atomic mass is 16.7. The molecular weight excluding hydrogens is 588 g/mol. The van der Waals surface area contributed by atoms with E-state index in [0.29, 0.717) is 11.3 Å². The summed E-state index contributed by atoms with van der Waals surface area (Å²) in [6, 6.07) is 9.13. The third kappa shape index (κ3) is 5.93. The Labute approximate surface area is 249 Å². The van der Waals surface area contributed by atoms with Crippen molar-refractivity contribution in [3.05, 3.63) is 46.6 Å². The topological polar surface area (TPSA) is 227 Å². The summed E-state index contributed by atoms with van der Waals surface area (Å²) in [4.78, 5) is 13.0. The second kappa shape index (κ2) is 12.8. The van der Waals surface area contributed by atoms with E-state index in [1.54, 1.807) is 24.3 Å². The Bertz CT molecular complexity index is 1510. The number of methoxy groups -OCH3 is 2. The molecule has 2 aromatic carbocycles. The first kappa shape index (κ1) is 31.9. The smallest absolute Gasteiger partial charge is 0.229 e. The fraction of sp³-hybridized carbons (Fsp3) is 0.483. The van der Waals surface area contributed by atoms with Crippen molar-refractivity contribution in [3.8, 4) is 34.3 Å². The van der Waals surface area contributed by atoms with Crippen molar-refractivity contribution >= 4 is 11.0 Å². The third-order valence-corrected chi connectivity index (χ3v) is 7.64. The van der Waals surface area contributed by atoms with Gasteiger partial charge in [0, 0.05) is 17.7 Å². The van der Waals surface area contributed by atoms with Gasteiger partial charge in [0.2, 0.25) is 12.0 Å². The number of aromatic hydroxyl groups is 1. The normalized spacial score (nSPS) is 32.4. The van der Waals surface area contributed by atoms with Crippen molar-refractivity contribution < 1.29 is 68.6 Å². The van der Waals surface area contributed by atoms with Crippen molar-refractivity contribution in [3.63, 3.8) is 0 Å². The van der Waals surface area contributed by atoms with Gasteiger partial charge < -0.3 is 68.6 Å². The number of rotatable bonds is 8. The van der Waals surface area contributed by atoms with Crippen LogP contribution in [0.3, 0.4) is 0 Å². The minimum Gasteiger partial charge on any atom is -0.504 e. The van der Waals surface area contributed by atoms with E-state index in [4.69, 9.17) is 32.8 Å². The molecule has 0 unspecified atom stereocenters. The predicted molar refractivity (Wildman–Crippen MR) is 148 cm³/mol. The van der Waals surface area contributed by atoms with Crippen LogP contribution in [-0.4, -0.2) is 118 Å². The van der Waals surface area contributed by atoms with Crippen LogP contribution in [-0.2, 0) is 14.2 Å². The molecule has 0 spiro atoms. The minimum absolute atomic E-state index is 0.0966. The second-order valence-corrected chi connectivity index (χ2v) is 10.5. The quantitative estimate of drug-likeness (QED) is 0.163. The van der Waals surface area contributed by atoms with E-state index in [9.17, 15) is 40.5 Å². The summed E-state index contributed by atoms with van der Waals surface area (Å²) >= 11 is 0. The lowest BCUT2D eigenvalue weighted by Crippen LogP contribution is -2.61. The molecular formula is C29H34O15. The van der Waals surface area contributed by atoms with E-state index in [-0.39, 0.29) is 28.2 Å². The maximum absolute atomic E-state index is 13.0. The van der Waals surface area contributed by atoms with Gasteiger partial charge in [0.15, 0.2) is 23.2 Å². The fourth-order valence-corrected chi connectivity index (χ4v) is 5.06. The molecule has 0 bridgehead atoms. The molecule has 10 atom stereocenters. The van der Waals surface area contributed by atoms with Crippen LogP contribution in [0, 0.1) is 0 Å². The molecule has 3 aromatic rings. The summed E-state index contributed by atoms with van der Waals surface area (Å²) in [6.45, 7) is 0.947. The molecule has 0 radical (unpaired) electrons.